The molecular weight excluding hydrogens is 275 g/mol. The van der Waals surface area contributed by atoms with Gasteiger partial charge in [-0.3, -0.25) is 0 Å². The second kappa shape index (κ2) is 4.90. The zero-order chi connectivity index (χ0) is 15.0. The van der Waals surface area contributed by atoms with E-state index in [1.807, 2.05) is 0 Å². The van der Waals surface area contributed by atoms with Crippen molar-refractivity contribution in [3.05, 3.63) is 47.8 Å². The van der Waals surface area contributed by atoms with Crippen LogP contribution in [-0.4, -0.2) is 20.4 Å². The van der Waals surface area contributed by atoms with Crippen LogP contribution in [0.3, 0.4) is 0 Å². The van der Waals surface area contributed by atoms with Crippen molar-refractivity contribution in [1.29, 1.82) is 0 Å². The van der Waals surface area contributed by atoms with Crippen molar-refractivity contribution in [3.8, 4) is 34.3 Å². The Morgan fingerprint density at radius 1 is 1.10 bits per heavy atom. The molecule has 0 bridgehead atoms. The molecule has 2 N–H and O–H groups in total. The molecule has 0 aliphatic heterocycles. The maximum Gasteiger partial charge on any atom is 0.265 e. The number of aromatic nitrogens is 2. The third-order valence-corrected chi connectivity index (χ3v) is 3.10. The Morgan fingerprint density at radius 2 is 1.81 bits per heavy atom. The molecule has 0 aliphatic rings. The van der Waals surface area contributed by atoms with Crippen molar-refractivity contribution in [2.75, 3.05) is 0 Å². The van der Waals surface area contributed by atoms with Gasteiger partial charge in [-0.2, -0.15) is 4.98 Å². The molecule has 0 unspecified atom stereocenters. The molecule has 0 fully saturated rings. The zero-order valence-electron chi connectivity index (χ0n) is 11.0. The first-order chi connectivity index (χ1) is 10.1. The number of aryl methyl sites for hydroxylation is 1. The SMILES string of the molecule is Cc1ccc(F)cc1-c1noc(-c2c(O)cccc2O)n1. The molecule has 21 heavy (non-hydrogen) atoms. The third kappa shape index (κ3) is 2.31. The lowest BCUT2D eigenvalue weighted by atomic mass is 10.1. The van der Waals surface area contributed by atoms with E-state index in [9.17, 15) is 14.6 Å². The van der Waals surface area contributed by atoms with Crippen molar-refractivity contribution in [1.82, 2.24) is 10.1 Å². The highest BCUT2D eigenvalue weighted by Crippen LogP contribution is 2.36. The number of phenols is 2. The van der Waals surface area contributed by atoms with Crippen LogP contribution in [0.5, 0.6) is 11.5 Å². The van der Waals surface area contributed by atoms with Crippen LogP contribution in [-0.2, 0) is 0 Å². The lowest BCUT2D eigenvalue weighted by molar-refractivity contribution is 0.416. The molecule has 0 amide bonds. The van der Waals surface area contributed by atoms with Crippen LogP contribution < -0.4 is 0 Å². The van der Waals surface area contributed by atoms with Crippen LogP contribution >= 0.6 is 0 Å². The number of hydrogen-bond acceptors (Lipinski definition) is 5. The molecular formula is C15H11FN2O3. The predicted octanol–water partition coefficient (Wildman–Crippen LogP) is 3.26. The quantitative estimate of drug-likeness (QED) is 0.756. The van der Waals surface area contributed by atoms with Gasteiger partial charge in [-0.05, 0) is 36.8 Å². The van der Waals surface area contributed by atoms with Crippen molar-refractivity contribution < 1.29 is 19.1 Å². The minimum Gasteiger partial charge on any atom is -0.507 e. The van der Waals surface area contributed by atoms with E-state index in [4.69, 9.17) is 4.52 Å². The Morgan fingerprint density at radius 3 is 2.52 bits per heavy atom. The van der Waals surface area contributed by atoms with E-state index in [0.29, 0.717) is 5.56 Å². The fraction of sp³-hybridized carbons (Fsp3) is 0.0667. The Hall–Kier alpha value is -2.89. The number of hydrogen-bond donors (Lipinski definition) is 2. The standard InChI is InChI=1S/C15H11FN2O3/c1-8-5-6-9(16)7-10(8)14-17-15(21-18-14)13-11(19)3-2-4-12(13)20/h2-7,19-20H,1H3. The summed E-state index contributed by atoms with van der Waals surface area (Å²) in [6.07, 6.45) is 0. The summed E-state index contributed by atoms with van der Waals surface area (Å²) in [5.74, 6) is -0.622. The zero-order valence-corrected chi connectivity index (χ0v) is 11.0. The summed E-state index contributed by atoms with van der Waals surface area (Å²) in [7, 11) is 0. The van der Waals surface area contributed by atoms with Crippen LogP contribution in [0.2, 0.25) is 0 Å². The molecule has 0 atom stereocenters. The first-order valence-corrected chi connectivity index (χ1v) is 6.18. The van der Waals surface area contributed by atoms with Gasteiger partial charge in [-0.15, -0.1) is 0 Å². The highest BCUT2D eigenvalue weighted by Gasteiger charge is 2.18. The monoisotopic (exact) mass is 286 g/mol. The summed E-state index contributed by atoms with van der Waals surface area (Å²) >= 11 is 0. The highest BCUT2D eigenvalue weighted by molar-refractivity contribution is 5.71. The van der Waals surface area contributed by atoms with Gasteiger partial charge in [0, 0.05) is 5.56 Å². The maximum atomic E-state index is 13.3. The van der Waals surface area contributed by atoms with E-state index < -0.39 is 5.82 Å². The molecule has 0 spiro atoms. The van der Waals surface area contributed by atoms with Crippen LogP contribution in [0.15, 0.2) is 40.9 Å². The Bertz CT molecular complexity index is 794. The molecule has 1 aromatic heterocycles. The van der Waals surface area contributed by atoms with Crippen LogP contribution in [0.1, 0.15) is 5.56 Å². The summed E-state index contributed by atoms with van der Waals surface area (Å²) in [6, 6.07) is 8.53. The molecule has 106 valence electrons. The normalized spacial score (nSPS) is 10.8. The average molecular weight is 286 g/mol. The van der Waals surface area contributed by atoms with Crippen molar-refractivity contribution in [2.45, 2.75) is 6.92 Å². The molecule has 5 nitrogen and oxygen atoms in total. The first kappa shape index (κ1) is 13.1. The van der Waals surface area contributed by atoms with Gasteiger partial charge in [0.05, 0.1) is 0 Å². The predicted molar refractivity (Wildman–Crippen MR) is 73.2 cm³/mol. The number of halogens is 1. The smallest absolute Gasteiger partial charge is 0.265 e. The molecule has 3 rings (SSSR count). The summed E-state index contributed by atoms with van der Waals surface area (Å²) in [5.41, 5.74) is 1.32. The Labute approximate surface area is 119 Å². The van der Waals surface area contributed by atoms with Gasteiger partial charge < -0.3 is 14.7 Å². The van der Waals surface area contributed by atoms with E-state index >= 15 is 0 Å². The van der Waals surface area contributed by atoms with Crippen LogP contribution in [0.25, 0.3) is 22.8 Å². The molecule has 6 heteroatoms. The molecule has 0 saturated heterocycles. The number of phenolic OH excluding ortho intramolecular Hbond substituents is 2. The topological polar surface area (TPSA) is 79.4 Å². The molecule has 3 aromatic rings. The second-order valence-electron chi connectivity index (χ2n) is 4.55. The molecule has 0 aliphatic carbocycles. The Kier molecular flexibility index (Phi) is 3.06. The van der Waals surface area contributed by atoms with Crippen molar-refractivity contribution in [3.63, 3.8) is 0 Å². The van der Waals surface area contributed by atoms with Gasteiger partial charge >= 0.3 is 0 Å². The van der Waals surface area contributed by atoms with Crippen molar-refractivity contribution >= 4 is 0 Å². The molecule has 1 heterocycles. The van der Waals surface area contributed by atoms with Crippen LogP contribution in [0, 0.1) is 12.7 Å². The maximum absolute atomic E-state index is 13.3. The van der Waals surface area contributed by atoms with E-state index in [1.165, 1.54) is 30.3 Å². The summed E-state index contributed by atoms with van der Waals surface area (Å²) in [4.78, 5) is 4.11. The summed E-state index contributed by atoms with van der Waals surface area (Å²) in [5, 5.41) is 23.3. The first-order valence-electron chi connectivity index (χ1n) is 6.18. The average Bonchev–Trinajstić information content (AvgIpc) is 2.90. The largest absolute Gasteiger partial charge is 0.507 e. The second-order valence-corrected chi connectivity index (χ2v) is 4.55. The fourth-order valence-corrected chi connectivity index (χ4v) is 2.02. The van der Waals surface area contributed by atoms with E-state index in [-0.39, 0.29) is 28.8 Å². The minimum atomic E-state index is -0.410. The highest BCUT2D eigenvalue weighted by atomic mass is 19.1. The lowest BCUT2D eigenvalue weighted by Crippen LogP contribution is -1.87. The lowest BCUT2D eigenvalue weighted by Gasteiger charge is -2.01. The Balaban J connectivity index is 2.10. The van der Waals surface area contributed by atoms with Gasteiger partial charge in [0.25, 0.3) is 5.89 Å². The van der Waals surface area contributed by atoms with Crippen molar-refractivity contribution in [2.24, 2.45) is 0 Å². The molecule has 0 radical (unpaired) electrons. The van der Waals surface area contributed by atoms with Gasteiger partial charge in [0.2, 0.25) is 5.82 Å². The van der Waals surface area contributed by atoms with E-state index in [0.717, 1.165) is 5.56 Å². The minimum absolute atomic E-state index is 0.0377. The number of rotatable bonds is 2. The van der Waals surface area contributed by atoms with Gasteiger partial charge in [-0.25, -0.2) is 4.39 Å². The number of nitrogens with zero attached hydrogens (tertiary/aromatic N) is 2. The van der Waals surface area contributed by atoms with Gasteiger partial charge in [0.15, 0.2) is 0 Å². The van der Waals surface area contributed by atoms with Gasteiger partial charge in [0.1, 0.15) is 22.9 Å². The molecule has 2 aromatic carbocycles. The number of benzene rings is 2. The van der Waals surface area contributed by atoms with Crippen LogP contribution in [0.4, 0.5) is 4.39 Å². The number of aromatic hydroxyl groups is 2. The van der Waals surface area contributed by atoms with Gasteiger partial charge in [-0.1, -0.05) is 17.3 Å². The van der Waals surface area contributed by atoms with E-state index in [2.05, 4.69) is 10.1 Å². The third-order valence-electron chi connectivity index (χ3n) is 3.10. The summed E-state index contributed by atoms with van der Waals surface area (Å²) in [6.45, 7) is 1.79. The van der Waals surface area contributed by atoms with E-state index in [1.54, 1.807) is 13.0 Å². The fourth-order valence-electron chi connectivity index (χ4n) is 2.02. The molecule has 0 saturated carbocycles. The summed E-state index contributed by atoms with van der Waals surface area (Å²) < 4.78 is 18.4.